The average molecular weight is 272 g/mol. The highest BCUT2D eigenvalue weighted by atomic mass is 16.6. The maximum absolute atomic E-state index is 10.6. The maximum atomic E-state index is 10.6. The second-order valence-corrected chi connectivity index (χ2v) is 5.39. The highest BCUT2D eigenvalue weighted by molar-refractivity contribution is 5.65. The van der Waals surface area contributed by atoms with Gasteiger partial charge in [0.1, 0.15) is 0 Å². The first-order valence-corrected chi connectivity index (χ1v) is 8.02. The van der Waals surface area contributed by atoms with Crippen LogP contribution in [0.2, 0.25) is 0 Å². The van der Waals surface area contributed by atoms with Crippen LogP contribution < -0.4 is 0 Å². The third-order valence-electron chi connectivity index (χ3n) is 3.36. The summed E-state index contributed by atoms with van der Waals surface area (Å²) in [5.41, 5.74) is 0. The first-order valence-electron chi connectivity index (χ1n) is 8.02. The van der Waals surface area contributed by atoms with E-state index in [4.69, 9.17) is 0 Å². The minimum absolute atomic E-state index is 0.407. The fourth-order valence-corrected chi connectivity index (χ4v) is 2.23. The second-order valence-electron chi connectivity index (χ2n) is 5.39. The molecule has 0 aliphatic rings. The highest BCUT2D eigenvalue weighted by Crippen LogP contribution is 2.12. The van der Waals surface area contributed by atoms with Crippen LogP contribution in [0.1, 0.15) is 90.9 Å². The predicted octanol–water partition coefficient (Wildman–Crippen LogP) is 4.57. The molecule has 1 unspecified atom stereocenters. The fraction of sp³-hybridized carbons (Fsp3) is 0.938. The van der Waals surface area contributed by atoms with E-state index in [0.29, 0.717) is 6.42 Å². The number of unbranched alkanes of at least 4 members (excludes halogenated alkanes) is 10. The molecule has 3 nitrogen and oxygen atoms in total. The van der Waals surface area contributed by atoms with Gasteiger partial charge in [-0.1, -0.05) is 71.1 Å². The van der Waals surface area contributed by atoms with Crippen LogP contribution in [-0.2, 0) is 9.53 Å². The zero-order valence-electron chi connectivity index (χ0n) is 12.8. The van der Waals surface area contributed by atoms with Crippen molar-refractivity contribution in [3.63, 3.8) is 0 Å². The maximum Gasteiger partial charge on any atom is 0.304 e. The van der Waals surface area contributed by atoms with Gasteiger partial charge in [-0.25, -0.2) is 0 Å². The van der Waals surface area contributed by atoms with E-state index in [-0.39, 0.29) is 0 Å². The molecule has 0 saturated heterocycles. The number of carbonyl (C=O) groups excluding carboxylic acids is 1. The van der Waals surface area contributed by atoms with Gasteiger partial charge in [-0.3, -0.25) is 4.79 Å². The Hall–Kier alpha value is -0.570. The molecule has 1 atom stereocenters. The van der Waals surface area contributed by atoms with Crippen molar-refractivity contribution in [2.45, 2.75) is 97.2 Å². The molecule has 19 heavy (non-hydrogen) atoms. The van der Waals surface area contributed by atoms with Gasteiger partial charge in [-0.15, -0.1) is 0 Å². The van der Waals surface area contributed by atoms with Crippen LogP contribution in [0.4, 0.5) is 0 Å². The third kappa shape index (κ3) is 15.4. The lowest BCUT2D eigenvalue weighted by molar-refractivity contribution is -0.165. The van der Waals surface area contributed by atoms with E-state index in [1.807, 2.05) is 0 Å². The third-order valence-corrected chi connectivity index (χ3v) is 3.36. The summed E-state index contributed by atoms with van der Waals surface area (Å²) in [6.07, 6.45) is 13.8. The summed E-state index contributed by atoms with van der Waals surface area (Å²) in [6, 6.07) is 0. The number of ether oxygens (including phenoxy) is 1. The molecule has 0 aromatic heterocycles. The molecule has 1 N–H and O–H groups in total. The number of aliphatic hydroxyl groups is 1. The van der Waals surface area contributed by atoms with Crippen molar-refractivity contribution in [2.75, 3.05) is 0 Å². The molecule has 0 amide bonds. The van der Waals surface area contributed by atoms with Crippen LogP contribution in [-0.4, -0.2) is 17.4 Å². The zero-order chi connectivity index (χ0) is 14.3. The summed E-state index contributed by atoms with van der Waals surface area (Å²) >= 11 is 0. The molecule has 0 radical (unpaired) electrons. The summed E-state index contributed by atoms with van der Waals surface area (Å²) in [5.74, 6) is -0.407. The van der Waals surface area contributed by atoms with Crippen LogP contribution in [0, 0.1) is 0 Å². The molecule has 0 aromatic carbocycles. The van der Waals surface area contributed by atoms with E-state index < -0.39 is 12.3 Å². The summed E-state index contributed by atoms with van der Waals surface area (Å²) in [7, 11) is 0. The van der Waals surface area contributed by atoms with Crippen LogP contribution in [0.5, 0.6) is 0 Å². The van der Waals surface area contributed by atoms with Gasteiger partial charge in [-0.05, 0) is 6.42 Å². The van der Waals surface area contributed by atoms with Gasteiger partial charge < -0.3 is 9.84 Å². The topological polar surface area (TPSA) is 46.5 Å². The lowest BCUT2D eigenvalue weighted by Gasteiger charge is -2.09. The van der Waals surface area contributed by atoms with Gasteiger partial charge in [0.05, 0.1) is 0 Å². The van der Waals surface area contributed by atoms with Crippen molar-refractivity contribution >= 4 is 5.97 Å². The number of carbonyl (C=O) groups is 1. The standard InChI is InChI=1S/C16H32O3/c1-3-4-5-6-7-8-9-10-11-12-13-14-16(18)19-15(2)17/h16,18H,3-14H2,1-2H3. The minimum Gasteiger partial charge on any atom is -0.436 e. The zero-order valence-corrected chi connectivity index (χ0v) is 12.8. The SMILES string of the molecule is CCCCCCCCCCCCCC(O)OC(C)=O. The van der Waals surface area contributed by atoms with Crippen molar-refractivity contribution in [1.29, 1.82) is 0 Å². The van der Waals surface area contributed by atoms with Crippen molar-refractivity contribution in [1.82, 2.24) is 0 Å². The lowest BCUT2D eigenvalue weighted by atomic mass is 10.1. The summed E-state index contributed by atoms with van der Waals surface area (Å²) in [4.78, 5) is 10.6. The number of aliphatic hydroxyl groups excluding tert-OH is 1. The molecule has 0 bridgehead atoms. The Morgan fingerprint density at radius 2 is 1.32 bits per heavy atom. The van der Waals surface area contributed by atoms with Crippen LogP contribution in [0.3, 0.4) is 0 Å². The quantitative estimate of drug-likeness (QED) is 0.303. The Labute approximate surface area is 118 Å². The second kappa shape index (κ2) is 13.9. The van der Waals surface area contributed by atoms with Gasteiger partial charge in [-0.2, -0.15) is 0 Å². The van der Waals surface area contributed by atoms with Crippen LogP contribution in [0.25, 0.3) is 0 Å². The van der Waals surface area contributed by atoms with Gasteiger partial charge in [0.25, 0.3) is 0 Å². The monoisotopic (exact) mass is 272 g/mol. The Morgan fingerprint density at radius 3 is 1.74 bits per heavy atom. The van der Waals surface area contributed by atoms with E-state index in [1.165, 1.54) is 64.7 Å². The molecule has 0 aliphatic carbocycles. The molecular weight excluding hydrogens is 240 g/mol. The van der Waals surface area contributed by atoms with Crippen molar-refractivity contribution < 1.29 is 14.6 Å². The largest absolute Gasteiger partial charge is 0.436 e. The number of hydrogen-bond donors (Lipinski definition) is 1. The summed E-state index contributed by atoms with van der Waals surface area (Å²) in [6.45, 7) is 3.57. The Balaban J connectivity index is 3.08. The fourth-order valence-electron chi connectivity index (χ4n) is 2.23. The molecule has 0 spiro atoms. The molecule has 0 fully saturated rings. The molecular formula is C16H32O3. The summed E-state index contributed by atoms with van der Waals surface area (Å²) in [5, 5.41) is 9.32. The van der Waals surface area contributed by atoms with E-state index >= 15 is 0 Å². The normalized spacial score (nSPS) is 12.4. The van der Waals surface area contributed by atoms with E-state index in [1.54, 1.807) is 0 Å². The first-order chi connectivity index (χ1) is 9.16. The Kier molecular flexibility index (Phi) is 13.4. The molecule has 0 aromatic rings. The van der Waals surface area contributed by atoms with E-state index in [2.05, 4.69) is 11.7 Å². The number of hydrogen-bond acceptors (Lipinski definition) is 3. The first kappa shape index (κ1) is 18.4. The molecule has 0 heterocycles. The minimum atomic E-state index is -0.906. The van der Waals surface area contributed by atoms with Crippen molar-refractivity contribution in [2.24, 2.45) is 0 Å². The summed E-state index contributed by atoms with van der Waals surface area (Å²) < 4.78 is 4.66. The molecule has 114 valence electrons. The van der Waals surface area contributed by atoms with Crippen LogP contribution in [0.15, 0.2) is 0 Å². The van der Waals surface area contributed by atoms with Crippen molar-refractivity contribution in [3.05, 3.63) is 0 Å². The Bertz CT molecular complexity index is 204. The van der Waals surface area contributed by atoms with E-state index in [9.17, 15) is 9.90 Å². The van der Waals surface area contributed by atoms with Gasteiger partial charge >= 0.3 is 5.97 Å². The molecule has 0 rings (SSSR count). The number of esters is 1. The highest BCUT2D eigenvalue weighted by Gasteiger charge is 2.05. The molecule has 0 saturated carbocycles. The van der Waals surface area contributed by atoms with E-state index in [0.717, 1.165) is 12.8 Å². The average Bonchev–Trinajstić information content (AvgIpc) is 2.35. The van der Waals surface area contributed by atoms with Crippen molar-refractivity contribution in [3.8, 4) is 0 Å². The lowest BCUT2D eigenvalue weighted by Crippen LogP contribution is -2.14. The van der Waals surface area contributed by atoms with Gasteiger partial charge in [0.15, 0.2) is 0 Å². The van der Waals surface area contributed by atoms with Gasteiger partial charge in [0.2, 0.25) is 6.29 Å². The number of rotatable bonds is 13. The predicted molar refractivity (Wildman–Crippen MR) is 78.9 cm³/mol. The van der Waals surface area contributed by atoms with Gasteiger partial charge in [0, 0.05) is 13.3 Å². The smallest absolute Gasteiger partial charge is 0.304 e. The Morgan fingerprint density at radius 1 is 0.895 bits per heavy atom. The molecule has 3 heteroatoms. The molecule has 0 aliphatic heterocycles. The van der Waals surface area contributed by atoms with Crippen LogP contribution >= 0.6 is 0 Å².